The molecule has 0 unspecified atom stereocenters. The Labute approximate surface area is 119 Å². The van der Waals surface area contributed by atoms with E-state index >= 15 is 0 Å². The molecule has 0 saturated carbocycles. The Morgan fingerprint density at radius 1 is 1.00 bits per heavy atom. The third-order valence-electron chi connectivity index (χ3n) is 2.15. The average molecular weight is 338 g/mol. The van der Waals surface area contributed by atoms with E-state index in [9.17, 15) is 16.8 Å². The standard InChI is InChI=1S/C10H8ClNO4S3/c11-18(13,14)9-5-3-8(4-6-9)12-19(15,16)10-2-1-7-17-10/h1-7,12H. The van der Waals surface area contributed by atoms with Crippen LogP contribution < -0.4 is 4.72 Å². The number of nitrogens with one attached hydrogen (secondary N) is 1. The molecule has 1 aromatic heterocycles. The summed E-state index contributed by atoms with van der Waals surface area (Å²) in [5, 5.41) is 1.65. The highest BCUT2D eigenvalue weighted by atomic mass is 35.7. The minimum atomic E-state index is -3.81. The van der Waals surface area contributed by atoms with Gasteiger partial charge in [-0.2, -0.15) is 0 Å². The van der Waals surface area contributed by atoms with Crippen molar-refractivity contribution in [2.24, 2.45) is 0 Å². The molecule has 9 heteroatoms. The lowest BCUT2D eigenvalue weighted by molar-refractivity contribution is 0.603. The van der Waals surface area contributed by atoms with Gasteiger partial charge in [-0.25, -0.2) is 16.8 Å². The largest absolute Gasteiger partial charge is 0.279 e. The molecule has 19 heavy (non-hydrogen) atoms. The van der Waals surface area contributed by atoms with Gasteiger partial charge >= 0.3 is 0 Å². The normalized spacial score (nSPS) is 12.3. The van der Waals surface area contributed by atoms with Crippen LogP contribution in [-0.4, -0.2) is 16.8 Å². The lowest BCUT2D eigenvalue weighted by Gasteiger charge is -2.06. The lowest BCUT2D eigenvalue weighted by Crippen LogP contribution is -2.11. The average Bonchev–Trinajstić information content (AvgIpc) is 2.82. The van der Waals surface area contributed by atoms with Crippen molar-refractivity contribution in [3.63, 3.8) is 0 Å². The summed E-state index contributed by atoms with van der Waals surface area (Å²) in [6.45, 7) is 0. The maximum Gasteiger partial charge on any atom is 0.271 e. The van der Waals surface area contributed by atoms with Crippen molar-refractivity contribution in [1.82, 2.24) is 0 Å². The van der Waals surface area contributed by atoms with E-state index in [1.165, 1.54) is 30.3 Å². The summed E-state index contributed by atoms with van der Waals surface area (Å²) in [7, 11) is -2.28. The summed E-state index contributed by atoms with van der Waals surface area (Å²) >= 11 is 1.09. The molecule has 0 radical (unpaired) electrons. The molecule has 1 aromatic carbocycles. The van der Waals surface area contributed by atoms with Crippen molar-refractivity contribution in [2.75, 3.05) is 4.72 Å². The van der Waals surface area contributed by atoms with Gasteiger partial charge in [0, 0.05) is 16.4 Å². The monoisotopic (exact) mass is 337 g/mol. The summed E-state index contributed by atoms with van der Waals surface area (Å²) < 4.78 is 48.4. The fourth-order valence-corrected chi connectivity index (χ4v) is 4.13. The molecule has 0 amide bonds. The SMILES string of the molecule is O=S(=O)(Cl)c1ccc(NS(=O)(=O)c2cccs2)cc1. The number of benzene rings is 1. The maximum absolute atomic E-state index is 11.9. The van der Waals surface area contributed by atoms with E-state index in [4.69, 9.17) is 10.7 Å². The van der Waals surface area contributed by atoms with Crippen molar-refractivity contribution in [1.29, 1.82) is 0 Å². The van der Waals surface area contributed by atoms with Gasteiger partial charge in [0.15, 0.2) is 0 Å². The highest BCUT2D eigenvalue weighted by molar-refractivity contribution is 8.13. The summed E-state index contributed by atoms with van der Waals surface area (Å²) in [5.74, 6) is 0. The van der Waals surface area contributed by atoms with Crippen LogP contribution in [0, 0.1) is 0 Å². The van der Waals surface area contributed by atoms with Crippen LogP contribution in [0.5, 0.6) is 0 Å². The van der Waals surface area contributed by atoms with Gasteiger partial charge in [0.05, 0.1) is 4.90 Å². The van der Waals surface area contributed by atoms with Gasteiger partial charge in [-0.3, -0.25) is 4.72 Å². The second-order valence-electron chi connectivity index (χ2n) is 3.50. The van der Waals surface area contributed by atoms with Crippen LogP contribution in [0.3, 0.4) is 0 Å². The quantitative estimate of drug-likeness (QED) is 0.869. The third kappa shape index (κ3) is 3.47. The summed E-state index contributed by atoms with van der Waals surface area (Å²) in [5.41, 5.74) is 0.262. The van der Waals surface area contributed by atoms with Crippen LogP contribution in [0.25, 0.3) is 0 Å². The zero-order valence-electron chi connectivity index (χ0n) is 9.28. The first kappa shape index (κ1) is 14.3. The minimum absolute atomic E-state index is 0.0896. The first-order valence-corrected chi connectivity index (χ1v) is 9.57. The number of thiophene rings is 1. The van der Waals surface area contributed by atoms with Crippen LogP contribution in [0.15, 0.2) is 50.9 Å². The number of hydrogen-bond acceptors (Lipinski definition) is 5. The van der Waals surface area contributed by atoms with Crippen molar-refractivity contribution in [3.05, 3.63) is 41.8 Å². The summed E-state index contributed by atoms with van der Waals surface area (Å²) in [6.07, 6.45) is 0. The van der Waals surface area contributed by atoms with E-state index < -0.39 is 19.1 Å². The number of hydrogen-bond donors (Lipinski definition) is 1. The first-order chi connectivity index (χ1) is 8.79. The molecule has 0 fully saturated rings. The van der Waals surface area contributed by atoms with Gasteiger partial charge in [-0.1, -0.05) is 6.07 Å². The highest BCUT2D eigenvalue weighted by Gasteiger charge is 2.16. The molecule has 0 aliphatic rings. The fourth-order valence-electron chi connectivity index (χ4n) is 1.31. The Kier molecular flexibility index (Phi) is 3.86. The predicted octanol–water partition coefficient (Wildman–Crippen LogP) is 2.48. The zero-order valence-corrected chi connectivity index (χ0v) is 12.5. The van der Waals surface area contributed by atoms with E-state index in [0.717, 1.165) is 11.3 Å². The molecule has 2 aromatic rings. The molecule has 0 atom stereocenters. The second kappa shape index (κ2) is 5.12. The number of anilines is 1. The second-order valence-corrected chi connectivity index (χ2v) is 8.92. The molecule has 102 valence electrons. The molecule has 0 saturated heterocycles. The first-order valence-electron chi connectivity index (χ1n) is 4.90. The molecule has 0 bridgehead atoms. The van der Waals surface area contributed by atoms with Crippen LogP contribution in [-0.2, 0) is 19.1 Å². The molecular formula is C10H8ClNO4S3. The Morgan fingerprint density at radius 3 is 2.11 bits per heavy atom. The van der Waals surface area contributed by atoms with Crippen LogP contribution in [0.2, 0.25) is 0 Å². The van der Waals surface area contributed by atoms with E-state index in [-0.39, 0.29) is 14.8 Å². The van der Waals surface area contributed by atoms with Gasteiger partial charge in [0.2, 0.25) is 0 Å². The highest BCUT2D eigenvalue weighted by Crippen LogP contribution is 2.22. The number of rotatable bonds is 4. The zero-order chi connectivity index (χ0) is 14.1. The van der Waals surface area contributed by atoms with Crippen LogP contribution in [0.4, 0.5) is 5.69 Å². The lowest BCUT2D eigenvalue weighted by atomic mass is 10.3. The third-order valence-corrected chi connectivity index (χ3v) is 6.30. The molecule has 0 aliphatic heterocycles. The predicted molar refractivity (Wildman–Crippen MR) is 74.6 cm³/mol. The van der Waals surface area contributed by atoms with Crippen LogP contribution >= 0.6 is 22.0 Å². The van der Waals surface area contributed by atoms with Gasteiger partial charge in [0.1, 0.15) is 4.21 Å². The number of sulfonamides is 1. The molecular weight excluding hydrogens is 330 g/mol. The van der Waals surface area contributed by atoms with Crippen molar-refractivity contribution in [3.8, 4) is 0 Å². The van der Waals surface area contributed by atoms with Gasteiger partial charge in [0.25, 0.3) is 19.1 Å². The van der Waals surface area contributed by atoms with Gasteiger partial charge in [-0.05, 0) is 35.7 Å². The minimum Gasteiger partial charge on any atom is -0.279 e. The smallest absolute Gasteiger partial charge is 0.271 e. The van der Waals surface area contributed by atoms with E-state index in [2.05, 4.69) is 4.72 Å². The maximum atomic E-state index is 11.9. The fraction of sp³-hybridized carbons (Fsp3) is 0. The van der Waals surface area contributed by atoms with E-state index in [0.29, 0.717) is 0 Å². The Hall–Kier alpha value is -1.09. The molecule has 0 spiro atoms. The summed E-state index contributed by atoms with van der Waals surface area (Å²) in [4.78, 5) is -0.0896. The van der Waals surface area contributed by atoms with Crippen LogP contribution in [0.1, 0.15) is 0 Å². The molecule has 1 heterocycles. The van der Waals surface area contributed by atoms with Crippen molar-refractivity contribution in [2.45, 2.75) is 9.10 Å². The topological polar surface area (TPSA) is 80.3 Å². The molecule has 1 N–H and O–H groups in total. The van der Waals surface area contributed by atoms with E-state index in [1.54, 1.807) is 11.4 Å². The molecule has 5 nitrogen and oxygen atoms in total. The Balaban J connectivity index is 2.26. The van der Waals surface area contributed by atoms with Gasteiger partial charge < -0.3 is 0 Å². The van der Waals surface area contributed by atoms with Crippen molar-refractivity contribution < 1.29 is 16.8 Å². The summed E-state index contributed by atoms with van der Waals surface area (Å²) in [6, 6.07) is 8.23. The Morgan fingerprint density at radius 2 is 1.63 bits per heavy atom. The molecule has 0 aliphatic carbocycles. The van der Waals surface area contributed by atoms with Gasteiger partial charge in [-0.15, -0.1) is 11.3 Å². The van der Waals surface area contributed by atoms with Crippen molar-refractivity contribution >= 4 is 46.8 Å². The Bertz CT molecular complexity index is 765. The molecule has 2 rings (SSSR count). The van der Waals surface area contributed by atoms with E-state index in [1.807, 2.05) is 0 Å². The number of halogens is 1.